The Kier molecular flexibility index (Phi) is 4.35. The van der Waals surface area contributed by atoms with Gasteiger partial charge in [-0.05, 0) is 19.1 Å². The molecule has 1 atom stereocenters. The standard InChI is InChI=1S/C10H13BrFNO/c1-7(13)9-3-2-8(11)6-10(9)14-5-4-12/h2-3,6-7H,4-5,13H2,1H3. The molecular formula is C10H13BrFNO. The minimum atomic E-state index is -0.495. The summed E-state index contributed by atoms with van der Waals surface area (Å²) in [5.41, 5.74) is 6.64. The van der Waals surface area contributed by atoms with E-state index in [1.807, 2.05) is 19.1 Å². The van der Waals surface area contributed by atoms with Gasteiger partial charge in [0.1, 0.15) is 19.0 Å². The molecule has 78 valence electrons. The summed E-state index contributed by atoms with van der Waals surface area (Å²) in [6, 6.07) is 5.45. The Morgan fingerprint density at radius 1 is 1.57 bits per heavy atom. The average molecular weight is 262 g/mol. The molecule has 14 heavy (non-hydrogen) atoms. The minimum Gasteiger partial charge on any atom is -0.490 e. The van der Waals surface area contributed by atoms with Crippen molar-refractivity contribution < 1.29 is 9.13 Å². The topological polar surface area (TPSA) is 35.2 Å². The second-order valence-electron chi connectivity index (χ2n) is 3.01. The van der Waals surface area contributed by atoms with Crippen molar-refractivity contribution in [2.24, 2.45) is 5.73 Å². The third-order valence-electron chi connectivity index (χ3n) is 1.80. The van der Waals surface area contributed by atoms with Crippen LogP contribution in [0.5, 0.6) is 5.75 Å². The molecule has 0 radical (unpaired) electrons. The lowest BCUT2D eigenvalue weighted by Gasteiger charge is -2.13. The van der Waals surface area contributed by atoms with E-state index in [1.165, 1.54) is 0 Å². The van der Waals surface area contributed by atoms with Crippen LogP contribution in [-0.4, -0.2) is 13.3 Å². The fraction of sp³-hybridized carbons (Fsp3) is 0.400. The number of hydrogen-bond donors (Lipinski definition) is 1. The number of nitrogens with two attached hydrogens (primary N) is 1. The molecule has 0 saturated heterocycles. The van der Waals surface area contributed by atoms with Crippen molar-refractivity contribution >= 4 is 15.9 Å². The normalized spacial score (nSPS) is 12.6. The van der Waals surface area contributed by atoms with Gasteiger partial charge >= 0.3 is 0 Å². The van der Waals surface area contributed by atoms with Crippen LogP contribution in [-0.2, 0) is 0 Å². The Balaban J connectivity index is 2.91. The minimum absolute atomic E-state index is 0.0656. The van der Waals surface area contributed by atoms with E-state index < -0.39 is 6.67 Å². The lowest BCUT2D eigenvalue weighted by Crippen LogP contribution is -2.09. The first kappa shape index (κ1) is 11.5. The third kappa shape index (κ3) is 2.96. The van der Waals surface area contributed by atoms with Crippen LogP contribution in [0.2, 0.25) is 0 Å². The number of halogens is 2. The molecule has 1 aromatic rings. The molecule has 0 aliphatic heterocycles. The Morgan fingerprint density at radius 2 is 2.29 bits per heavy atom. The monoisotopic (exact) mass is 261 g/mol. The SMILES string of the molecule is CC(N)c1ccc(Br)cc1OCCF. The molecule has 1 rings (SSSR count). The van der Waals surface area contributed by atoms with Crippen LogP contribution in [0, 0.1) is 0 Å². The molecule has 0 amide bonds. The zero-order chi connectivity index (χ0) is 10.6. The van der Waals surface area contributed by atoms with Crippen molar-refractivity contribution in [2.45, 2.75) is 13.0 Å². The molecule has 2 nitrogen and oxygen atoms in total. The molecule has 1 aromatic carbocycles. The van der Waals surface area contributed by atoms with Crippen LogP contribution >= 0.6 is 15.9 Å². The van der Waals surface area contributed by atoms with Gasteiger partial charge in [-0.25, -0.2) is 4.39 Å². The summed E-state index contributed by atoms with van der Waals surface area (Å²) in [6.07, 6.45) is 0. The molecule has 1 unspecified atom stereocenters. The first-order valence-corrected chi connectivity index (χ1v) is 5.18. The number of alkyl halides is 1. The van der Waals surface area contributed by atoms with Gasteiger partial charge in [0, 0.05) is 16.1 Å². The van der Waals surface area contributed by atoms with Gasteiger partial charge in [-0.2, -0.15) is 0 Å². The molecule has 0 saturated carbocycles. The highest BCUT2D eigenvalue weighted by Crippen LogP contribution is 2.27. The summed E-state index contributed by atoms with van der Waals surface area (Å²) in [5.74, 6) is 0.645. The van der Waals surface area contributed by atoms with Crippen LogP contribution in [0.25, 0.3) is 0 Å². The number of hydrogen-bond acceptors (Lipinski definition) is 2. The smallest absolute Gasteiger partial charge is 0.125 e. The van der Waals surface area contributed by atoms with Crippen molar-refractivity contribution in [3.63, 3.8) is 0 Å². The van der Waals surface area contributed by atoms with Crippen molar-refractivity contribution in [2.75, 3.05) is 13.3 Å². The summed E-state index contributed by atoms with van der Waals surface area (Å²) >= 11 is 3.32. The fourth-order valence-electron chi connectivity index (χ4n) is 1.16. The highest BCUT2D eigenvalue weighted by molar-refractivity contribution is 9.10. The van der Waals surface area contributed by atoms with E-state index in [0.717, 1.165) is 10.0 Å². The number of benzene rings is 1. The van der Waals surface area contributed by atoms with Gasteiger partial charge in [0.05, 0.1) is 0 Å². The van der Waals surface area contributed by atoms with Crippen molar-refractivity contribution in [1.29, 1.82) is 0 Å². The highest BCUT2D eigenvalue weighted by Gasteiger charge is 2.08. The number of ether oxygens (including phenoxy) is 1. The molecule has 0 heterocycles. The van der Waals surface area contributed by atoms with E-state index in [4.69, 9.17) is 10.5 Å². The van der Waals surface area contributed by atoms with E-state index in [2.05, 4.69) is 15.9 Å². The van der Waals surface area contributed by atoms with E-state index >= 15 is 0 Å². The lowest BCUT2D eigenvalue weighted by atomic mass is 10.1. The largest absolute Gasteiger partial charge is 0.490 e. The van der Waals surface area contributed by atoms with Crippen LogP contribution in [0.4, 0.5) is 4.39 Å². The number of rotatable bonds is 4. The Hall–Kier alpha value is -0.610. The van der Waals surface area contributed by atoms with Crippen molar-refractivity contribution in [3.05, 3.63) is 28.2 Å². The average Bonchev–Trinajstić information content (AvgIpc) is 2.14. The van der Waals surface area contributed by atoms with E-state index in [0.29, 0.717) is 5.75 Å². The van der Waals surface area contributed by atoms with E-state index in [9.17, 15) is 4.39 Å². The van der Waals surface area contributed by atoms with Gasteiger partial charge in [0.25, 0.3) is 0 Å². The summed E-state index contributed by atoms with van der Waals surface area (Å²) < 4.78 is 18.1. The lowest BCUT2D eigenvalue weighted by molar-refractivity contribution is 0.270. The van der Waals surface area contributed by atoms with Crippen molar-refractivity contribution in [3.8, 4) is 5.75 Å². The van der Waals surface area contributed by atoms with Crippen LogP contribution in [0.3, 0.4) is 0 Å². The molecule has 0 spiro atoms. The molecule has 0 fully saturated rings. The van der Waals surface area contributed by atoms with E-state index in [-0.39, 0.29) is 12.6 Å². The molecule has 0 aliphatic rings. The van der Waals surface area contributed by atoms with Crippen molar-refractivity contribution in [1.82, 2.24) is 0 Å². The first-order chi connectivity index (χ1) is 6.65. The van der Waals surface area contributed by atoms with Gasteiger partial charge in [0.2, 0.25) is 0 Å². The quantitative estimate of drug-likeness (QED) is 0.905. The zero-order valence-corrected chi connectivity index (χ0v) is 9.55. The Bertz CT molecular complexity index is 304. The van der Waals surface area contributed by atoms with Gasteiger partial charge in [-0.1, -0.05) is 22.0 Å². The maximum absolute atomic E-state index is 11.9. The predicted octanol–water partition coefficient (Wildman–Crippen LogP) is 2.82. The second-order valence-corrected chi connectivity index (χ2v) is 3.92. The fourth-order valence-corrected chi connectivity index (χ4v) is 1.50. The maximum Gasteiger partial charge on any atom is 0.125 e. The highest BCUT2D eigenvalue weighted by atomic mass is 79.9. The van der Waals surface area contributed by atoms with Gasteiger partial charge in [-0.15, -0.1) is 0 Å². The van der Waals surface area contributed by atoms with E-state index in [1.54, 1.807) is 6.07 Å². The second kappa shape index (κ2) is 5.32. The molecule has 4 heteroatoms. The van der Waals surface area contributed by atoms with Crippen LogP contribution < -0.4 is 10.5 Å². The molecule has 0 aliphatic carbocycles. The molecule has 0 bridgehead atoms. The van der Waals surface area contributed by atoms with Gasteiger partial charge in [0.15, 0.2) is 0 Å². The maximum atomic E-state index is 11.9. The molecule has 0 aromatic heterocycles. The Labute approximate surface area is 91.4 Å². The molecule has 2 N–H and O–H groups in total. The van der Waals surface area contributed by atoms with Crippen LogP contribution in [0.1, 0.15) is 18.5 Å². The predicted molar refractivity (Wildman–Crippen MR) is 58.2 cm³/mol. The summed E-state index contributed by atoms with van der Waals surface area (Å²) in [6.45, 7) is 1.44. The molecular weight excluding hydrogens is 249 g/mol. The first-order valence-electron chi connectivity index (χ1n) is 4.39. The van der Waals surface area contributed by atoms with Gasteiger partial charge in [-0.3, -0.25) is 0 Å². The Morgan fingerprint density at radius 3 is 2.86 bits per heavy atom. The third-order valence-corrected chi connectivity index (χ3v) is 2.29. The van der Waals surface area contributed by atoms with Crippen LogP contribution in [0.15, 0.2) is 22.7 Å². The summed E-state index contributed by atoms with van der Waals surface area (Å²) in [4.78, 5) is 0. The van der Waals surface area contributed by atoms with Gasteiger partial charge < -0.3 is 10.5 Å². The zero-order valence-electron chi connectivity index (χ0n) is 7.97. The summed E-state index contributed by atoms with van der Waals surface area (Å²) in [5, 5.41) is 0. The summed E-state index contributed by atoms with van der Waals surface area (Å²) in [7, 11) is 0.